The van der Waals surface area contributed by atoms with Crippen LogP contribution >= 0.6 is 11.8 Å². The highest BCUT2D eigenvalue weighted by Crippen LogP contribution is 2.44. The number of benzene rings is 2. The number of ether oxygens (including phenoxy) is 1. The zero-order valence-corrected chi connectivity index (χ0v) is 14.0. The van der Waals surface area contributed by atoms with Crippen LogP contribution in [-0.4, -0.2) is 41.5 Å². The molecule has 4 rings (SSSR count). The van der Waals surface area contributed by atoms with Crippen LogP contribution in [0, 0.1) is 0 Å². The molecule has 1 fully saturated rings. The van der Waals surface area contributed by atoms with Crippen LogP contribution in [0.4, 0.5) is 4.79 Å². The lowest BCUT2D eigenvalue weighted by molar-refractivity contribution is 0.0723. The fourth-order valence-corrected chi connectivity index (χ4v) is 4.21. The summed E-state index contributed by atoms with van der Waals surface area (Å²) in [6.07, 6.45) is -0.470. The third-order valence-electron chi connectivity index (χ3n) is 4.65. The molecule has 2 aliphatic rings. The molecule has 0 radical (unpaired) electrons. The Morgan fingerprint density at radius 1 is 1.12 bits per heavy atom. The lowest BCUT2D eigenvalue weighted by atomic mass is 9.98. The van der Waals surface area contributed by atoms with Crippen molar-refractivity contribution in [2.24, 2.45) is 0 Å². The smallest absolute Gasteiger partial charge is 0.407 e. The summed E-state index contributed by atoms with van der Waals surface area (Å²) in [5.74, 6) is 1.39. The number of hydrogen-bond acceptors (Lipinski definition) is 4. The number of aliphatic hydroxyl groups is 1. The first-order valence-corrected chi connectivity index (χ1v) is 9.21. The summed E-state index contributed by atoms with van der Waals surface area (Å²) in [6, 6.07) is 16.5. The quantitative estimate of drug-likeness (QED) is 0.897. The van der Waals surface area contributed by atoms with Gasteiger partial charge in [0.05, 0.1) is 6.54 Å². The standard InChI is InChI=1S/C19H19NO3S/c21-18(20-10-19(22)11-24-12-19)23-9-17-15-7-3-1-5-13(15)14-6-2-4-8-16(14)17/h1-8,17,22H,9-12H2,(H,20,21). The van der Waals surface area contributed by atoms with Crippen molar-refractivity contribution in [2.45, 2.75) is 11.5 Å². The summed E-state index contributed by atoms with van der Waals surface area (Å²) in [4.78, 5) is 12.0. The Labute approximate surface area is 145 Å². The van der Waals surface area contributed by atoms with Gasteiger partial charge in [-0.25, -0.2) is 4.79 Å². The highest BCUT2D eigenvalue weighted by molar-refractivity contribution is 8.00. The number of nitrogens with one attached hydrogen (secondary N) is 1. The van der Waals surface area contributed by atoms with E-state index in [9.17, 15) is 9.90 Å². The van der Waals surface area contributed by atoms with Crippen molar-refractivity contribution in [1.82, 2.24) is 5.32 Å². The van der Waals surface area contributed by atoms with Crippen molar-refractivity contribution in [3.63, 3.8) is 0 Å². The molecule has 4 nitrogen and oxygen atoms in total. The summed E-state index contributed by atoms with van der Waals surface area (Å²) in [5, 5.41) is 12.7. The number of hydrogen-bond donors (Lipinski definition) is 2. The predicted molar refractivity (Wildman–Crippen MR) is 95.3 cm³/mol. The number of amides is 1. The molecule has 0 bridgehead atoms. The third kappa shape index (κ3) is 2.78. The van der Waals surface area contributed by atoms with Gasteiger partial charge in [-0.15, -0.1) is 0 Å². The molecule has 0 saturated carbocycles. The average Bonchev–Trinajstić information content (AvgIpc) is 2.90. The number of alkyl carbamates (subject to hydrolysis) is 1. The highest BCUT2D eigenvalue weighted by Gasteiger charge is 2.36. The largest absolute Gasteiger partial charge is 0.449 e. The van der Waals surface area contributed by atoms with Crippen molar-refractivity contribution in [3.05, 3.63) is 59.7 Å². The van der Waals surface area contributed by atoms with Crippen molar-refractivity contribution in [1.29, 1.82) is 0 Å². The van der Waals surface area contributed by atoms with Gasteiger partial charge in [0.1, 0.15) is 12.2 Å². The number of rotatable bonds is 4. The van der Waals surface area contributed by atoms with Crippen LogP contribution in [-0.2, 0) is 4.74 Å². The number of fused-ring (bicyclic) bond motifs is 3. The number of carbonyl (C=O) groups excluding carboxylic acids is 1. The van der Waals surface area contributed by atoms with Gasteiger partial charge in [0.15, 0.2) is 0 Å². The summed E-state index contributed by atoms with van der Waals surface area (Å²) >= 11 is 1.67. The van der Waals surface area contributed by atoms with Gasteiger partial charge in [0, 0.05) is 17.4 Å². The summed E-state index contributed by atoms with van der Waals surface area (Å²) in [5.41, 5.74) is 4.04. The van der Waals surface area contributed by atoms with E-state index >= 15 is 0 Å². The maximum atomic E-state index is 12.0. The lowest BCUT2D eigenvalue weighted by Crippen LogP contribution is -2.52. The molecule has 1 saturated heterocycles. The molecule has 1 aliphatic carbocycles. The Morgan fingerprint density at radius 3 is 2.25 bits per heavy atom. The minimum absolute atomic E-state index is 0.0606. The highest BCUT2D eigenvalue weighted by atomic mass is 32.2. The minimum Gasteiger partial charge on any atom is -0.449 e. The van der Waals surface area contributed by atoms with E-state index in [-0.39, 0.29) is 12.5 Å². The van der Waals surface area contributed by atoms with Crippen LogP contribution in [0.5, 0.6) is 0 Å². The first-order chi connectivity index (χ1) is 11.7. The Morgan fingerprint density at radius 2 is 1.71 bits per heavy atom. The Bertz CT molecular complexity index is 727. The molecule has 2 aromatic carbocycles. The van der Waals surface area contributed by atoms with Crippen LogP contribution in [0.25, 0.3) is 11.1 Å². The SMILES string of the molecule is O=C(NCC1(O)CSC1)OCC1c2ccccc2-c2ccccc21. The molecule has 2 N–H and O–H groups in total. The topological polar surface area (TPSA) is 58.6 Å². The van der Waals surface area contributed by atoms with Gasteiger partial charge in [0.25, 0.3) is 0 Å². The van der Waals surface area contributed by atoms with Crippen molar-refractivity contribution < 1.29 is 14.6 Å². The number of thioether (sulfide) groups is 1. The molecule has 1 aliphatic heterocycles. The van der Waals surface area contributed by atoms with Crippen LogP contribution in [0.2, 0.25) is 0 Å². The summed E-state index contributed by atoms with van der Waals surface area (Å²) in [6.45, 7) is 0.545. The first-order valence-electron chi connectivity index (χ1n) is 8.05. The Hall–Kier alpha value is -1.98. The normalized spacial score (nSPS) is 17.5. The molecule has 1 heterocycles. The minimum atomic E-state index is -0.768. The average molecular weight is 341 g/mol. The predicted octanol–water partition coefficient (Wildman–Crippen LogP) is 3.00. The zero-order chi connectivity index (χ0) is 16.6. The summed E-state index contributed by atoms with van der Waals surface area (Å²) in [7, 11) is 0. The van der Waals surface area contributed by atoms with E-state index in [0.717, 1.165) is 0 Å². The second kappa shape index (κ2) is 6.15. The van der Waals surface area contributed by atoms with Crippen molar-refractivity contribution in [3.8, 4) is 11.1 Å². The molecule has 0 unspecified atom stereocenters. The number of carbonyl (C=O) groups is 1. The van der Waals surface area contributed by atoms with Crippen molar-refractivity contribution >= 4 is 17.9 Å². The van der Waals surface area contributed by atoms with Crippen LogP contribution in [0.3, 0.4) is 0 Å². The maximum absolute atomic E-state index is 12.0. The molecule has 124 valence electrons. The van der Waals surface area contributed by atoms with E-state index in [1.54, 1.807) is 11.8 Å². The fraction of sp³-hybridized carbons (Fsp3) is 0.316. The van der Waals surface area contributed by atoms with Crippen LogP contribution in [0.15, 0.2) is 48.5 Å². The molecule has 5 heteroatoms. The van der Waals surface area contributed by atoms with Gasteiger partial charge < -0.3 is 15.2 Å². The zero-order valence-electron chi connectivity index (χ0n) is 13.2. The first kappa shape index (κ1) is 15.5. The molecule has 0 atom stereocenters. The van der Waals surface area contributed by atoms with E-state index in [4.69, 9.17) is 4.74 Å². The monoisotopic (exact) mass is 341 g/mol. The molecule has 0 aromatic heterocycles. The van der Waals surface area contributed by atoms with E-state index < -0.39 is 11.7 Å². The lowest BCUT2D eigenvalue weighted by Gasteiger charge is -2.35. The Balaban J connectivity index is 1.44. The van der Waals surface area contributed by atoms with Gasteiger partial charge in [-0.2, -0.15) is 11.8 Å². The second-order valence-corrected chi connectivity index (χ2v) is 7.38. The molecule has 1 amide bonds. The molecular formula is C19H19NO3S. The Kier molecular flexibility index (Phi) is 3.98. The molecule has 0 spiro atoms. The van der Waals surface area contributed by atoms with Gasteiger partial charge in [-0.3, -0.25) is 0 Å². The fourth-order valence-electron chi connectivity index (χ4n) is 3.33. The van der Waals surface area contributed by atoms with Gasteiger partial charge in [-0.1, -0.05) is 48.5 Å². The van der Waals surface area contributed by atoms with Crippen molar-refractivity contribution in [2.75, 3.05) is 24.7 Å². The molecule has 24 heavy (non-hydrogen) atoms. The third-order valence-corrected chi connectivity index (χ3v) is 6.13. The second-order valence-electron chi connectivity index (χ2n) is 6.40. The maximum Gasteiger partial charge on any atom is 0.407 e. The van der Waals surface area contributed by atoms with E-state index in [0.29, 0.717) is 18.1 Å². The van der Waals surface area contributed by atoms with Gasteiger partial charge >= 0.3 is 6.09 Å². The summed E-state index contributed by atoms with van der Waals surface area (Å²) < 4.78 is 5.44. The van der Waals surface area contributed by atoms with Crippen LogP contribution in [0.1, 0.15) is 17.0 Å². The van der Waals surface area contributed by atoms with E-state index in [1.807, 2.05) is 24.3 Å². The van der Waals surface area contributed by atoms with Gasteiger partial charge in [0.2, 0.25) is 0 Å². The molecular weight excluding hydrogens is 322 g/mol. The van der Waals surface area contributed by atoms with E-state index in [1.165, 1.54) is 22.3 Å². The molecule has 2 aromatic rings. The van der Waals surface area contributed by atoms with E-state index in [2.05, 4.69) is 29.6 Å². The van der Waals surface area contributed by atoms with Crippen LogP contribution < -0.4 is 5.32 Å². The van der Waals surface area contributed by atoms with Gasteiger partial charge in [-0.05, 0) is 22.3 Å².